The topological polar surface area (TPSA) is 57.8 Å². The van der Waals surface area contributed by atoms with Crippen LogP contribution >= 0.6 is 0 Å². The fraction of sp³-hybridized carbons (Fsp3) is 0.375. The minimum atomic E-state index is -0.0724. The Hall–Kier alpha value is -2.10. The maximum Gasteiger partial charge on any atom is 0.254 e. The van der Waals surface area contributed by atoms with Gasteiger partial charge < -0.3 is 5.32 Å². The first-order valence-corrected chi connectivity index (χ1v) is 6.88. The van der Waals surface area contributed by atoms with Crippen molar-refractivity contribution in [3.05, 3.63) is 53.9 Å². The Balaban J connectivity index is 1.76. The Kier molecular flexibility index (Phi) is 2.89. The zero-order valence-electron chi connectivity index (χ0n) is 11.8. The minimum Gasteiger partial charge on any atom is -0.351 e. The second kappa shape index (κ2) is 4.47. The second-order valence-corrected chi connectivity index (χ2v) is 6.18. The number of hydrogen-bond donors (Lipinski definition) is 2. The Bertz CT molecular complexity index is 604. The molecule has 1 atom stereocenters. The zero-order valence-corrected chi connectivity index (χ0v) is 11.8. The first-order valence-electron chi connectivity index (χ1n) is 6.88. The van der Waals surface area contributed by atoms with Crippen molar-refractivity contribution in [1.82, 2.24) is 15.5 Å². The summed E-state index contributed by atoms with van der Waals surface area (Å²) in [5.41, 5.74) is 2.15. The molecule has 1 aromatic heterocycles. The van der Waals surface area contributed by atoms with E-state index in [1.807, 2.05) is 6.07 Å². The van der Waals surface area contributed by atoms with Crippen molar-refractivity contribution in [1.29, 1.82) is 0 Å². The first kappa shape index (κ1) is 12.9. The van der Waals surface area contributed by atoms with E-state index in [1.54, 1.807) is 12.4 Å². The van der Waals surface area contributed by atoms with E-state index in [0.717, 1.165) is 6.42 Å². The zero-order chi connectivity index (χ0) is 14.2. The highest BCUT2D eigenvalue weighted by Crippen LogP contribution is 2.63. The van der Waals surface area contributed by atoms with Gasteiger partial charge in [0.1, 0.15) is 0 Å². The van der Waals surface area contributed by atoms with Crippen LogP contribution in [0.4, 0.5) is 0 Å². The highest BCUT2D eigenvalue weighted by Gasteiger charge is 2.61. The molecule has 1 aromatic carbocycles. The molecular weight excluding hydrogens is 250 g/mol. The highest BCUT2D eigenvalue weighted by molar-refractivity contribution is 5.93. The number of benzene rings is 1. The number of nitrogens with zero attached hydrogens (tertiary/aromatic N) is 1. The van der Waals surface area contributed by atoms with Gasteiger partial charge in [0, 0.05) is 18.2 Å². The number of carbonyl (C=O) groups excluding carboxylic acids is 1. The standard InChI is InChI=1S/C16H19N3O/c1-15(2)10-16(15,13-6-4-3-5-7-13)11-17-14(20)12-8-18-19-9-12/h3-9H,10-11H2,1-2H3,(H,17,20)(H,18,19)/t16-/m0/s1. The quantitative estimate of drug-likeness (QED) is 0.896. The van der Waals surface area contributed by atoms with Crippen molar-refractivity contribution in [3.63, 3.8) is 0 Å². The molecule has 0 bridgehead atoms. The van der Waals surface area contributed by atoms with Crippen LogP contribution < -0.4 is 5.32 Å². The molecule has 0 saturated heterocycles. The largest absolute Gasteiger partial charge is 0.351 e. The summed E-state index contributed by atoms with van der Waals surface area (Å²) in [5, 5.41) is 9.51. The van der Waals surface area contributed by atoms with Gasteiger partial charge in [0.2, 0.25) is 0 Å². The molecule has 0 unspecified atom stereocenters. The third-order valence-electron chi connectivity index (χ3n) is 4.55. The van der Waals surface area contributed by atoms with Crippen molar-refractivity contribution >= 4 is 5.91 Å². The van der Waals surface area contributed by atoms with Crippen molar-refractivity contribution in [2.75, 3.05) is 6.54 Å². The van der Waals surface area contributed by atoms with Gasteiger partial charge in [0.15, 0.2) is 0 Å². The fourth-order valence-corrected chi connectivity index (χ4v) is 3.07. The SMILES string of the molecule is CC1(C)C[C@]1(CNC(=O)c1cn[nH]c1)c1ccccc1. The summed E-state index contributed by atoms with van der Waals surface area (Å²) >= 11 is 0. The molecule has 0 aliphatic heterocycles. The van der Waals surface area contributed by atoms with Gasteiger partial charge in [-0.3, -0.25) is 9.89 Å². The predicted octanol–water partition coefficient (Wildman–Crippen LogP) is 2.51. The van der Waals surface area contributed by atoms with Crippen LogP contribution in [0, 0.1) is 5.41 Å². The first-order chi connectivity index (χ1) is 9.55. The summed E-state index contributed by atoms with van der Waals surface area (Å²) in [6, 6.07) is 10.4. The van der Waals surface area contributed by atoms with Crippen molar-refractivity contribution in [3.8, 4) is 0 Å². The van der Waals surface area contributed by atoms with Crippen molar-refractivity contribution < 1.29 is 4.79 Å². The van der Waals surface area contributed by atoms with Gasteiger partial charge >= 0.3 is 0 Å². The fourth-order valence-electron chi connectivity index (χ4n) is 3.07. The lowest BCUT2D eigenvalue weighted by Gasteiger charge is -2.21. The van der Waals surface area contributed by atoms with E-state index in [0.29, 0.717) is 12.1 Å². The maximum atomic E-state index is 12.1. The van der Waals surface area contributed by atoms with E-state index in [-0.39, 0.29) is 16.7 Å². The molecule has 104 valence electrons. The number of aromatic amines is 1. The number of aromatic nitrogens is 2. The van der Waals surface area contributed by atoms with Crippen LogP contribution in [0.2, 0.25) is 0 Å². The summed E-state index contributed by atoms with van der Waals surface area (Å²) in [5.74, 6) is -0.0724. The van der Waals surface area contributed by atoms with Crippen LogP contribution in [-0.2, 0) is 5.41 Å². The Labute approximate surface area is 118 Å². The van der Waals surface area contributed by atoms with Gasteiger partial charge in [-0.25, -0.2) is 0 Å². The van der Waals surface area contributed by atoms with Crippen LogP contribution in [-0.4, -0.2) is 22.6 Å². The summed E-state index contributed by atoms with van der Waals surface area (Å²) in [4.78, 5) is 12.1. The van der Waals surface area contributed by atoms with Crippen LogP contribution in [0.1, 0.15) is 36.2 Å². The highest BCUT2D eigenvalue weighted by atomic mass is 16.1. The monoisotopic (exact) mass is 269 g/mol. The molecule has 1 saturated carbocycles. The summed E-state index contributed by atoms with van der Waals surface area (Å²) in [7, 11) is 0. The smallest absolute Gasteiger partial charge is 0.254 e. The van der Waals surface area contributed by atoms with Gasteiger partial charge in [-0.15, -0.1) is 0 Å². The molecular formula is C16H19N3O. The second-order valence-electron chi connectivity index (χ2n) is 6.18. The predicted molar refractivity (Wildman–Crippen MR) is 77.4 cm³/mol. The number of rotatable bonds is 4. The molecule has 1 aliphatic rings. The van der Waals surface area contributed by atoms with E-state index in [2.05, 4.69) is 53.6 Å². The van der Waals surface area contributed by atoms with Crippen molar-refractivity contribution in [2.24, 2.45) is 5.41 Å². The molecule has 1 amide bonds. The summed E-state index contributed by atoms with van der Waals surface area (Å²) < 4.78 is 0. The lowest BCUT2D eigenvalue weighted by molar-refractivity contribution is 0.0948. The molecule has 3 rings (SSSR count). The lowest BCUT2D eigenvalue weighted by Crippen LogP contribution is -2.34. The third-order valence-corrected chi connectivity index (χ3v) is 4.55. The number of hydrogen-bond acceptors (Lipinski definition) is 2. The number of amides is 1. The van der Waals surface area contributed by atoms with E-state index < -0.39 is 0 Å². The average molecular weight is 269 g/mol. The molecule has 1 fully saturated rings. The average Bonchev–Trinajstić information content (AvgIpc) is 2.85. The molecule has 1 heterocycles. The molecule has 2 N–H and O–H groups in total. The molecule has 0 radical (unpaired) electrons. The van der Waals surface area contributed by atoms with Gasteiger partial charge in [-0.1, -0.05) is 44.2 Å². The van der Waals surface area contributed by atoms with Crippen LogP contribution in [0.3, 0.4) is 0 Å². The Morgan fingerprint density at radius 3 is 2.60 bits per heavy atom. The Morgan fingerprint density at radius 1 is 1.35 bits per heavy atom. The molecule has 4 nitrogen and oxygen atoms in total. The van der Waals surface area contributed by atoms with Crippen molar-refractivity contribution in [2.45, 2.75) is 25.7 Å². The molecule has 0 spiro atoms. The third kappa shape index (κ3) is 2.01. The normalized spacial score (nSPS) is 23.3. The van der Waals surface area contributed by atoms with Crippen LogP contribution in [0.25, 0.3) is 0 Å². The van der Waals surface area contributed by atoms with Gasteiger partial charge in [0.05, 0.1) is 11.8 Å². The van der Waals surface area contributed by atoms with E-state index in [9.17, 15) is 4.79 Å². The van der Waals surface area contributed by atoms with Crippen LogP contribution in [0.5, 0.6) is 0 Å². The Morgan fingerprint density at radius 2 is 2.05 bits per heavy atom. The molecule has 20 heavy (non-hydrogen) atoms. The van der Waals surface area contributed by atoms with Gasteiger partial charge in [-0.05, 0) is 17.4 Å². The van der Waals surface area contributed by atoms with Crippen LogP contribution in [0.15, 0.2) is 42.7 Å². The molecule has 1 aliphatic carbocycles. The number of carbonyl (C=O) groups is 1. The lowest BCUT2D eigenvalue weighted by atomic mass is 9.88. The van der Waals surface area contributed by atoms with E-state index in [1.165, 1.54) is 5.56 Å². The van der Waals surface area contributed by atoms with E-state index >= 15 is 0 Å². The summed E-state index contributed by atoms with van der Waals surface area (Å²) in [6.45, 7) is 5.17. The van der Waals surface area contributed by atoms with E-state index in [4.69, 9.17) is 0 Å². The number of H-pyrrole nitrogens is 1. The minimum absolute atomic E-state index is 0.0493. The maximum absolute atomic E-state index is 12.1. The summed E-state index contributed by atoms with van der Waals surface area (Å²) in [6.07, 6.45) is 4.25. The molecule has 2 aromatic rings. The molecule has 4 heteroatoms. The van der Waals surface area contributed by atoms with Gasteiger partial charge in [0.25, 0.3) is 5.91 Å². The van der Waals surface area contributed by atoms with Gasteiger partial charge in [-0.2, -0.15) is 5.10 Å². The number of nitrogens with one attached hydrogen (secondary N) is 2.